The van der Waals surface area contributed by atoms with Gasteiger partial charge in [-0.15, -0.1) is 0 Å². The normalized spacial score (nSPS) is 14.9. The van der Waals surface area contributed by atoms with Crippen LogP contribution >= 0.6 is 91.3 Å². The Morgan fingerprint density at radius 1 is 1.07 bits per heavy atom. The first kappa shape index (κ1) is 31.5. The lowest BCUT2D eigenvalue weighted by Crippen LogP contribution is -2.40. The number of rotatable bonds is 7. The highest BCUT2D eigenvalue weighted by Crippen LogP contribution is 2.35. The van der Waals surface area contributed by atoms with E-state index in [-0.39, 0.29) is 24.3 Å². The second kappa shape index (κ2) is 13.4. The van der Waals surface area contributed by atoms with Gasteiger partial charge >= 0.3 is 5.97 Å². The molecule has 0 saturated heterocycles. The van der Waals surface area contributed by atoms with E-state index in [1.54, 1.807) is 50.3 Å². The quantitative estimate of drug-likeness (QED) is 0.142. The van der Waals surface area contributed by atoms with Crippen molar-refractivity contribution >= 4 is 103 Å². The summed E-state index contributed by atoms with van der Waals surface area (Å²) in [5.41, 5.74) is 2.64. The third kappa shape index (κ3) is 6.46. The second-order valence-electron chi connectivity index (χ2n) is 9.17. The predicted octanol–water partition coefficient (Wildman–Crippen LogP) is 7.55. The highest BCUT2D eigenvalue weighted by molar-refractivity contribution is 14.1. The first-order chi connectivity index (χ1) is 20.1. The lowest BCUT2D eigenvalue weighted by molar-refractivity contribution is -0.139. The largest absolute Gasteiger partial charge is 0.487 e. The van der Waals surface area contributed by atoms with Gasteiger partial charge in [-0.3, -0.25) is 9.36 Å². The van der Waals surface area contributed by atoms with Crippen molar-refractivity contribution in [1.29, 1.82) is 0 Å². The Labute approximate surface area is 287 Å². The summed E-state index contributed by atoms with van der Waals surface area (Å²) in [6, 6.07) is 15.7. The molecule has 5 rings (SSSR count). The zero-order chi connectivity index (χ0) is 30.1. The molecule has 0 N–H and O–H groups in total. The van der Waals surface area contributed by atoms with E-state index in [1.807, 2.05) is 24.3 Å². The topological polar surface area (TPSA) is 69.9 Å². The van der Waals surface area contributed by atoms with E-state index in [0.29, 0.717) is 41.4 Å². The molecule has 6 nitrogen and oxygen atoms in total. The SMILES string of the molecule is CCOC(=O)C1=C(C)N=c2s/c(=C\c3cc(I)cc(I)c3OCc3ccc(Cl)c(Cl)c3)c(=O)n2[C@@H]1c1ccccc1Cl. The van der Waals surface area contributed by atoms with Crippen LogP contribution in [0.1, 0.15) is 36.6 Å². The summed E-state index contributed by atoms with van der Waals surface area (Å²) >= 11 is 24.6. The summed E-state index contributed by atoms with van der Waals surface area (Å²) < 4.78 is 15.4. The van der Waals surface area contributed by atoms with Gasteiger partial charge in [0.05, 0.1) is 36.0 Å². The van der Waals surface area contributed by atoms with Crippen molar-refractivity contribution in [2.75, 3.05) is 6.61 Å². The fourth-order valence-electron chi connectivity index (χ4n) is 4.55. The zero-order valence-corrected chi connectivity index (χ0v) is 29.5. The Hall–Kier alpha value is -1.90. The molecule has 4 aromatic rings. The van der Waals surface area contributed by atoms with E-state index >= 15 is 0 Å². The maximum absolute atomic E-state index is 14.1. The van der Waals surface area contributed by atoms with Gasteiger partial charge in [0.15, 0.2) is 4.80 Å². The number of carbonyl (C=O) groups is 1. The minimum atomic E-state index is -0.794. The summed E-state index contributed by atoms with van der Waals surface area (Å²) in [5.74, 6) is 0.0853. The van der Waals surface area contributed by atoms with Gasteiger partial charge in [0, 0.05) is 14.2 Å². The molecule has 42 heavy (non-hydrogen) atoms. The van der Waals surface area contributed by atoms with Crippen LogP contribution in [0.3, 0.4) is 0 Å². The molecule has 1 aliphatic rings. The van der Waals surface area contributed by atoms with E-state index in [1.165, 1.54) is 15.9 Å². The van der Waals surface area contributed by atoms with Gasteiger partial charge in [0.2, 0.25) is 0 Å². The molecule has 0 saturated carbocycles. The summed E-state index contributed by atoms with van der Waals surface area (Å²) in [5, 5.41) is 1.34. The molecule has 0 unspecified atom stereocenters. The average molecular weight is 866 g/mol. The van der Waals surface area contributed by atoms with Crippen LogP contribution in [-0.4, -0.2) is 17.1 Å². The Bertz CT molecular complexity index is 1940. The maximum Gasteiger partial charge on any atom is 0.338 e. The molecule has 0 bridgehead atoms. The maximum atomic E-state index is 14.1. The van der Waals surface area contributed by atoms with Crippen LogP contribution in [0.25, 0.3) is 6.08 Å². The molecule has 0 amide bonds. The van der Waals surface area contributed by atoms with E-state index < -0.39 is 12.0 Å². The van der Waals surface area contributed by atoms with E-state index in [4.69, 9.17) is 44.3 Å². The number of hydrogen-bond donors (Lipinski definition) is 0. The van der Waals surface area contributed by atoms with Crippen molar-refractivity contribution in [1.82, 2.24) is 4.57 Å². The fraction of sp³-hybridized carbons (Fsp3) is 0.167. The van der Waals surface area contributed by atoms with E-state index in [9.17, 15) is 9.59 Å². The number of allylic oxidation sites excluding steroid dienone is 1. The number of carbonyl (C=O) groups excluding carboxylic acids is 1. The Morgan fingerprint density at radius 2 is 1.83 bits per heavy atom. The molecule has 1 aliphatic heterocycles. The van der Waals surface area contributed by atoms with Crippen molar-refractivity contribution in [2.24, 2.45) is 4.99 Å². The molecule has 0 aliphatic carbocycles. The molecule has 0 fully saturated rings. The first-order valence-electron chi connectivity index (χ1n) is 12.6. The number of ether oxygens (including phenoxy) is 2. The van der Waals surface area contributed by atoms with Crippen LogP contribution in [0.2, 0.25) is 15.1 Å². The number of thiazole rings is 1. The summed E-state index contributed by atoms with van der Waals surface area (Å²) in [7, 11) is 0. The third-order valence-corrected chi connectivity index (χ3v) is 9.90. The summed E-state index contributed by atoms with van der Waals surface area (Å²) in [6.07, 6.45) is 1.80. The first-order valence-corrected chi connectivity index (χ1v) is 16.7. The van der Waals surface area contributed by atoms with Gasteiger partial charge in [-0.05, 0) is 107 Å². The number of benzene rings is 3. The number of fused-ring (bicyclic) bond motifs is 1. The minimum Gasteiger partial charge on any atom is -0.487 e. The lowest BCUT2D eigenvalue weighted by atomic mass is 9.96. The van der Waals surface area contributed by atoms with Crippen molar-refractivity contribution in [3.05, 3.63) is 124 Å². The summed E-state index contributed by atoms with van der Waals surface area (Å²) in [6.45, 7) is 3.91. The van der Waals surface area contributed by atoms with Crippen molar-refractivity contribution in [3.63, 3.8) is 0 Å². The molecule has 2 heterocycles. The van der Waals surface area contributed by atoms with E-state index in [2.05, 4.69) is 50.2 Å². The Morgan fingerprint density at radius 3 is 2.55 bits per heavy atom. The molecule has 1 aromatic heterocycles. The highest BCUT2D eigenvalue weighted by atomic mass is 127. The number of halogens is 5. The van der Waals surface area contributed by atoms with Crippen LogP contribution < -0.4 is 19.6 Å². The molecule has 1 atom stereocenters. The number of hydrogen-bond acceptors (Lipinski definition) is 6. The van der Waals surface area contributed by atoms with Crippen molar-refractivity contribution in [3.8, 4) is 5.75 Å². The molecular weight excluding hydrogens is 845 g/mol. The molecule has 216 valence electrons. The van der Waals surface area contributed by atoms with Crippen LogP contribution in [-0.2, 0) is 16.1 Å². The fourth-order valence-corrected chi connectivity index (χ4v) is 8.19. The molecular formula is C30H21Cl3I2N2O4S. The average Bonchev–Trinajstić information content (AvgIpc) is 3.23. The summed E-state index contributed by atoms with van der Waals surface area (Å²) in [4.78, 5) is 32.3. The van der Waals surface area contributed by atoms with Gasteiger partial charge < -0.3 is 9.47 Å². The van der Waals surface area contributed by atoms with Gasteiger partial charge in [-0.1, -0.05) is 70.4 Å². The lowest BCUT2D eigenvalue weighted by Gasteiger charge is -2.25. The molecule has 12 heteroatoms. The Kier molecular flexibility index (Phi) is 10.1. The van der Waals surface area contributed by atoms with Gasteiger partial charge in [-0.25, -0.2) is 9.79 Å². The highest BCUT2D eigenvalue weighted by Gasteiger charge is 2.34. The number of esters is 1. The van der Waals surface area contributed by atoms with Crippen molar-refractivity contribution < 1.29 is 14.3 Å². The Balaban J connectivity index is 1.65. The van der Waals surface area contributed by atoms with Crippen LogP contribution in [0, 0.1) is 7.14 Å². The van der Waals surface area contributed by atoms with Crippen LogP contribution in [0.5, 0.6) is 5.75 Å². The molecule has 0 spiro atoms. The molecule has 3 aromatic carbocycles. The minimum absolute atomic E-state index is 0.186. The third-order valence-electron chi connectivity index (χ3n) is 6.41. The standard InChI is InChI=1S/C30H21Cl3I2N2O4S/c1-3-40-29(39)25-15(2)36-30-37(26(25)19-6-4-5-7-20(19)31)28(38)24(42-30)12-17-11-18(34)13-23(35)27(17)41-14-16-8-9-21(32)22(33)10-16/h4-13,26H,3,14H2,1-2H3/b24-12-/t26-/m1/s1. The zero-order valence-electron chi connectivity index (χ0n) is 22.1. The number of nitrogens with zero attached hydrogens (tertiary/aromatic N) is 2. The van der Waals surface area contributed by atoms with Crippen LogP contribution in [0.15, 0.2) is 75.7 Å². The van der Waals surface area contributed by atoms with Crippen molar-refractivity contribution in [2.45, 2.75) is 26.5 Å². The molecule has 0 radical (unpaired) electrons. The van der Waals surface area contributed by atoms with Crippen LogP contribution in [0.4, 0.5) is 0 Å². The number of aromatic nitrogens is 1. The smallest absolute Gasteiger partial charge is 0.338 e. The predicted molar refractivity (Wildman–Crippen MR) is 185 cm³/mol. The van der Waals surface area contributed by atoms with Gasteiger partial charge in [0.25, 0.3) is 5.56 Å². The van der Waals surface area contributed by atoms with Gasteiger partial charge in [-0.2, -0.15) is 0 Å². The second-order valence-corrected chi connectivity index (χ2v) is 13.8. The van der Waals surface area contributed by atoms with Gasteiger partial charge in [0.1, 0.15) is 18.4 Å². The monoisotopic (exact) mass is 864 g/mol. The van der Waals surface area contributed by atoms with E-state index in [0.717, 1.165) is 18.3 Å².